The maximum atomic E-state index is 13.6. The highest BCUT2D eigenvalue weighted by Gasteiger charge is 2.36. The fourth-order valence-corrected chi connectivity index (χ4v) is 10.3. The van der Waals surface area contributed by atoms with Crippen molar-refractivity contribution in [3.63, 3.8) is 0 Å². The minimum Gasteiger partial charge on any atom is -0.385 e. The highest BCUT2D eigenvalue weighted by atomic mass is 32.2. The van der Waals surface area contributed by atoms with Gasteiger partial charge in [-0.1, -0.05) is 38.1 Å². The lowest BCUT2D eigenvalue weighted by Gasteiger charge is -2.29. The van der Waals surface area contributed by atoms with E-state index in [4.69, 9.17) is 11.5 Å². The molecule has 0 saturated heterocycles. The van der Waals surface area contributed by atoms with E-state index < -0.39 is 20.0 Å². The molecule has 0 amide bonds. The lowest BCUT2D eigenvalue weighted by Crippen LogP contribution is -2.37. The molecule has 312 valence electrons. The first-order valence-corrected chi connectivity index (χ1v) is 23.6. The van der Waals surface area contributed by atoms with E-state index in [1.165, 1.54) is 41.6 Å². The summed E-state index contributed by atoms with van der Waals surface area (Å²) < 4.78 is 53.2. The van der Waals surface area contributed by atoms with E-state index in [1.54, 1.807) is 0 Å². The average Bonchev–Trinajstić information content (AvgIpc) is 3.71. The van der Waals surface area contributed by atoms with Crippen LogP contribution in [0, 0.1) is 13.8 Å². The molecule has 2 aromatic heterocycles. The van der Waals surface area contributed by atoms with Gasteiger partial charge in [-0.2, -0.15) is 18.4 Å². The number of aromatic nitrogens is 4. The SMILES string of the molecule is CCc1cc(C)c2c(c1)C(C(=O)n1nc(N)c3c1CN(S(C)(=O)=O)CC3)CCN2.CCc1cc(C)c2c(c1)C(C(=O)n1nc3c(c1N)CCN(S(C)(=O)=O)C3)CCN2. The van der Waals surface area contributed by atoms with Crippen molar-refractivity contribution in [1.29, 1.82) is 0 Å². The molecule has 0 fully saturated rings. The largest absolute Gasteiger partial charge is 0.385 e. The Balaban J connectivity index is 0.000000177. The van der Waals surface area contributed by atoms with Crippen LogP contribution < -0.4 is 22.1 Å². The minimum absolute atomic E-state index is 0.121. The Kier molecular flexibility index (Phi) is 11.2. The first-order chi connectivity index (χ1) is 27.4. The number of fused-ring (bicyclic) bond motifs is 4. The minimum atomic E-state index is -3.36. The Hall–Kier alpha value is -4.78. The molecular weight excluding hydrogens is 781 g/mol. The van der Waals surface area contributed by atoms with Gasteiger partial charge >= 0.3 is 0 Å². The lowest BCUT2D eigenvalue weighted by atomic mass is 9.86. The normalized spacial score (nSPS) is 19.3. The van der Waals surface area contributed by atoms with E-state index in [1.807, 2.05) is 0 Å². The quantitative estimate of drug-likeness (QED) is 0.218. The zero-order chi connectivity index (χ0) is 41.8. The second-order valence-corrected chi connectivity index (χ2v) is 19.8. The van der Waals surface area contributed by atoms with Gasteiger partial charge in [0, 0.05) is 48.7 Å². The zero-order valence-corrected chi connectivity index (χ0v) is 35.7. The Bertz CT molecular complexity index is 2530. The first kappa shape index (κ1) is 41.4. The van der Waals surface area contributed by atoms with Crippen molar-refractivity contribution >= 4 is 54.9 Å². The molecule has 4 aliphatic heterocycles. The van der Waals surface area contributed by atoms with Crippen molar-refractivity contribution in [3.8, 4) is 0 Å². The molecule has 2 unspecified atom stereocenters. The predicted molar refractivity (Wildman–Crippen MR) is 225 cm³/mol. The monoisotopic (exact) mass is 834 g/mol. The summed E-state index contributed by atoms with van der Waals surface area (Å²) in [5.41, 5.74) is 23.7. The Morgan fingerprint density at radius 2 is 1.21 bits per heavy atom. The number of aryl methyl sites for hydroxylation is 4. The number of carbonyl (C=O) groups excluding carboxylic acids is 2. The number of rotatable bonds is 6. The topological polar surface area (TPSA) is 221 Å². The number of hydrogen-bond acceptors (Lipinski definition) is 12. The highest BCUT2D eigenvalue weighted by molar-refractivity contribution is 7.88. The van der Waals surface area contributed by atoms with Crippen LogP contribution in [-0.4, -0.2) is 95.5 Å². The van der Waals surface area contributed by atoms with Gasteiger partial charge in [-0.05, 0) is 85.8 Å². The van der Waals surface area contributed by atoms with Crippen molar-refractivity contribution in [3.05, 3.63) is 80.2 Å². The molecule has 0 radical (unpaired) electrons. The van der Waals surface area contributed by atoms with E-state index in [0.717, 1.165) is 57.6 Å². The van der Waals surface area contributed by atoms with Gasteiger partial charge in [-0.15, -0.1) is 5.10 Å². The molecule has 4 aromatic rings. The molecule has 4 aliphatic rings. The Morgan fingerprint density at radius 3 is 1.71 bits per heavy atom. The molecule has 0 saturated carbocycles. The summed E-state index contributed by atoms with van der Waals surface area (Å²) in [4.78, 5) is 27.0. The van der Waals surface area contributed by atoms with E-state index >= 15 is 0 Å². The van der Waals surface area contributed by atoms with E-state index in [-0.39, 0.29) is 36.7 Å². The number of sulfonamides is 2. The number of benzene rings is 2. The number of nitrogens with two attached hydrogens (primary N) is 2. The molecule has 18 heteroatoms. The van der Waals surface area contributed by atoms with Crippen molar-refractivity contribution in [1.82, 2.24) is 28.2 Å². The smallest absolute Gasteiger partial charge is 0.256 e. The maximum absolute atomic E-state index is 13.6. The molecule has 2 atom stereocenters. The third kappa shape index (κ3) is 7.74. The van der Waals surface area contributed by atoms with Crippen LogP contribution in [-0.2, 0) is 58.8 Å². The summed E-state index contributed by atoms with van der Waals surface area (Å²) in [6, 6.07) is 8.50. The fraction of sp³-hybridized carbons (Fsp3) is 0.500. The third-order valence-electron chi connectivity index (χ3n) is 11.9. The summed E-state index contributed by atoms with van der Waals surface area (Å²) in [6.45, 7) is 10.7. The summed E-state index contributed by atoms with van der Waals surface area (Å²) in [5, 5.41) is 15.6. The fourth-order valence-electron chi connectivity index (χ4n) is 8.76. The first-order valence-electron chi connectivity index (χ1n) is 19.9. The van der Waals surface area contributed by atoms with Gasteiger partial charge in [0.2, 0.25) is 20.0 Å². The van der Waals surface area contributed by atoms with Crippen LogP contribution in [0.5, 0.6) is 0 Å². The summed E-state index contributed by atoms with van der Waals surface area (Å²) in [7, 11) is -6.68. The van der Waals surface area contributed by atoms with Gasteiger partial charge in [0.1, 0.15) is 11.6 Å². The molecule has 58 heavy (non-hydrogen) atoms. The molecular formula is C40H54N10O6S2. The molecule has 0 aliphatic carbocycles. The molecule has 6 heterocycles. The van der Waals surface area contributed by atoms with Crippen LogP contribution in [0.15, 0.2) is 24.3 Å². The predicted octanol–water partition coefficient (Wildman–Crippen LogP) is 3.79. The summed E-state index contributed by atoms with van der Waals surface area (Å²) in [5.74, 6) is -0.322. The van der Waals surface area contributed by atoms with Gasteiger partial charge in [0.25, 0.3) is 11.8 Å². The van der Waals surface area contributed by atoms with Gasteiger partial charge in [-0.3, -0.25) is 9.59 Å². The maximum Gasteiger partial charge on any atom is 0.256 e. The van der Waals surface area contributed by atoms with Gasteiger partial charge in [-0.25, -0.2) is 21.5 Å². The van der Waals surface area contributed by atoms with Crippen molar-refractivity contribution in [2.75, 3.05) is 60.8 Å². The van der Waals surface area contributed by atoms with Crippen molar-refractivity contribution < 1.29 is 26.4 Å². The van der Waals surface area contributed by atoms with Gasteiger partial charge in [0.15, 0.2) is 0 Å². The molecule has 16 nitrogen and oxygen atoms in total. The van der Waals surface area contributed by atoms with Crippen LogP contribution in [0.25, 0.3) is 0 Å². The Labute approximate surface area is 340 Å². The summed E-state index contributed by atoms with van der Waals surface area (Å²) >= 11 is 0. The number of nitrogens with one attached hydrogen (secondary N) is 2. The molecule has 8 rings (SSSR count). The van der Waals surface area contributed by atoms with Crippen LogP contribution in [0.1, 0.15) is 104 Å². The van der Waals surface area contributed by atoms with Crippen LogP contribution >= 0.6 is 0 Å². The second kappa shape index (κ2) is 15.8. The Morgan fingerprint density at radius 1 is 0.724 bits per heavy atom. The second-order valence-electron chi connectivity index (χ2n) is 15.8. The highest BCUT2D eigenvalue weighted by Crippen LogP contribution is 2.39. The number of hydrogen-bond donors (Lipinski definition) is 4. The van der Waals surface area contributed by atoms with Gasteiger partial charge in [0.05, 0.1) is 48.8 Å². The molecule has 0 spiro atoms. The van der Waals surface area contributed by atoms with E-state index in [9.17, 15) is 26.4 Å². The third-order valence-corrected chi connectivity index (χ3v) is 14.4. The van der Waals surface area contributed by atoms with E-state index in [0.29, 0.717) is 74.9 Å². The number of nitrogen functional groups attached to an aromatic ring is 2. The number of anilines is 4. The average molecular weight is 835 g/mol. The molecule has 2 aromatic carbocycles. The standard InChI is InChI=1S/2C20H27N5O3S/c1-4-13-9-12(2)18-16(10-13)14(5-7-22-18)20(26)25-17-11-24(29(3,27)28)8-6-15(17)19(21)23-25;1-4-13-9-12(2)18-16(10-13)14(5-7-22-18)20(26)25-19(21)15-6-8-24(29(3,27)28)11-17(15)23-25/h9-10,14,22H,4-8,11H2,1-3H3,(H2,21,23);9-10,14,22H,4-8,11,21H2,1-3H3. The number of carbonyl (C=O) groups is 2. The van der Waals surface area contributed by atoms with Crippen LogP contribution in [0.4, 0.5) is 23.0 Å². The van der Waals surface area contributed by atoms with Crippen LogP contribution in [0.3, 0.4) is 0 Å². The summed E-state index contributed by atoms with van der Waals surface area (Å²) in [6.07, 6.45) is 6.40. The molecule has 0 bridgehead atoms. The number of nitrogens with zero attached hydrogens (tertiary/aromatic N) is 6. The van der Waals surface area contributed by atoms with Gasteiger partial charge < -0.3 is 22.1 Å². The van der Waals surface area contributed by atoms with Crippen molar-refractivity contribution in [2.45, 2.75) is 91.1 Å². The van der Waals surface area contributed by atoms with Crippen molar-refractivity contribution in [2.24, 2.45) is 0 Å². The zero-order valence-electron chi connectivity index (χ0n) is 34.1. The molecule has 6 N–H and O–H groups in total. The lowest BCUT2D eigenvalue weighted by molar-refractivity contribution is 0.0845. The van der Waals surface area contributed by atoms with Crippen LogP contribution in [0.2, 0.25) is 0 Å². The van der Waals surface area contributed by atoms with E-state index in [2.05, 4.69) is 72.8 Å².